The monoisotopic (exact) mass is 222 g/mol. The van der Waals surface area contributed by atoms with Crippen molar-refractivity contribution in [2.75, 3.05) is 33.2 Å². The van der Waals surface area contributed by atoms with Gasteiger partial charge >= 0.3 is 6.03 Å². The summed E-state index contributed by atoms with van der Waals surface area (Å²) in [6, 6.07) is -0.433. The highest BCUT2D eigenvalue weighted by molar-refractivity contribution is 6.19. The van der Waals surface area contributed by atoms with E-state index in [-0.39, 0.29) is 18.2 Å². The normalized spacial score (nSPS) is 9.64. The van der Waals surface area contributed by atoms with E-state index in [1.165, 1.54) is 4.90 Å². The Labute approximate surface area is 88.3 Å². The third-order valence-corrected chi connectivity index (χ3v) is 1.73. The van der Waals surface area contributed by atoms with Gasteiger partial charge in [-0.25, -0.2) is 4.79 Å². The Hall–Kier alpha value is -0.810. The second kappa shape index (κ2) is 7.58. The minimum atomic E-state index is -0.433. The Morgan fingerprint density at radius 2 is 2.14 bits per heavy atom. The third kappa shape index (κ3) is 5.77. The van der Waals surface area contributed by atoms with Crippen molar-refractivity contribution in [2.24, 2.45) is 0 Å². The molecule has 0 unspecified atom stereocenters. The van der Waals surface area contributed by atoms with Gasteiger partial charge in [0, 0.05) is 33.0 Å². The molecule has 14 heavy (non-hydrogen) atoms. The first-order valence-electron chi connectivity index (χ1n) is 4.21. The minimum absolute atomic E-state index is 0.144. The van der Waals surface area contributed by atoms with E-state index < -0.39 is 6.03 Å². The number of alkyl halides is 1. The van der Waals surface area contributed by atoms with Crippen molar-refractivity contribution in [3.05, 3.63) is 0 Å². The smallest absolute Gasteiger partial charge is 0.323 e. The van der Waals surface area contributed by atoms with E-state index in [2.05, 4.69) is 5.32 Å². The molecule has 0 bridgehead atoms. The first kappa shape index (κ1) is 13.2. The van der Waals surface area contributed by atoms with Gasteiger partial charge in [-0.05, 0) is 0 Å². The predicted molar refractivity (Wildman–Crippen MR) is 53.4 cm³/mol. The van der Waals surface area contributed by atoms with E-state index in [9.17, 15) is 9.59 Å². The highest BCUT2D eigenvalue weighted by Crippen LogP contribution is 1.88. The zero-order chi connectivity index (χ0) is 11.0. The van der Waals surface area contributed by atoms with Crippen LogP contribution in [-0.4, -0.2) is 50.0 Å². The number of methoxy groups -OCH3 is 1. The standard InChI is InChI=1S/C8H15ClN2O3/c1-11(5-6-14-2)8(13)10-7(12)3-4-9/h3-6H2,1-2H3,(H,10,12,13). The quantitative estimate of drug-likeness (QED) is 0.687. The van der Waals surface area contributed by atoms with E-state index in [0.29, 0.717) is 13.2 Å². The molecule has 0 aromatic carbocycles. The van der Waals surface area contributed by atoms with Crippen molar-refractivity contribution >= 4 is 23.5 Å². The van der Waals surface area contributed by atoms with Crippen LogP contribution in [0, 0.1) is 0 Å². The van der Waals surface area contributed by atoms with Crippen LogP contribution in [0.5, 0.6) is 0 Å². The van der Waals surface area contributed by atoms with Crippen LogP contribution in [0.15, 0.2) is 0 Å². The van der Waals surface area contributed by atoms with E-state index in [4.69, 9.17) is 16.3 Å². The molecule has 0 saturated heterocycles. The molecule has 5 nitrogen and oxygen atoms in total. The molecule has 82 valence electrons. The van der Waals surface area contributed by atoms with Gasteiger partial charge in [-0.2, -0.15) is 0 Å². The SMILES string of the molecule is COCCN(C)C(=O)NC(=O)CCCl. The van der Waals surface area contributed by atoms with E-state index in [1.807, 2.05) is 0 Å². The summed E-state index contributed by atoms with van der Waals surface area (Å²) >= 11 is 5.34. The molecule has 0 aromatic heterocycles. The average Bonchev–Trinajstić information content (AvgIpc) is 2.14. The van der Waals surface area contributed by atoms with Crippen molar-refractivity contribution in [3.8, 4) is 0 Å². The first-order valence-corrected chi connectivity index (χ1v) is 4.75. The molecule has 0 heterocycles. The van der Waals surface area contributed by atoms with Crippen LogP contribution in [-0.2, 0) is 9.53 Å². The lowest BCUT2D eigenvalue weighted by Crippen LogP contribution is -2.42. The number of halogens is 1. The molecule has 0 aliphatic carbocycles. The third-order valence-electron chi connectivity index (χ3n) is 1.55. The van der Waals surface area contributed by atoms with Gasteiger partial charge in [0.1, 0.15) is 0 Å². The molecule has 0 aliphatic rings. The molecular formula is C8H15ClN2O3. The Balaban J connectivity index is 3.76. The molecule has 0 fully saturated rings. The Morgan fingerprint density at radius 1 is 1.50 bits per heavy atom. The van der Waals surface area contributed by atoms with Crippen LogP contribution in [0.2, 0.25) is 0 Å². The van der Waals surface area contributed by atoms with Crippen LogP contribution in [0.4, 0.5) is 4.79 Å². The maximum Gasteiger partial charge on any atom is 0.323 e. The summed E-state index contributed by atoms with van der Waals surface area (Å²) in [6.45, 7) is 0.879. The van der Waals surface area contributed by atoms with Crippen LogP contribution < -0.4 is 5.32 Å². The Morgan fingerprint density at radius 3 is 2.64 bits per heavy atom. The fourth-order valence-electron chi connectivity index (χ4n) is 0.693. The number of ether oxygens (including phenoxy) is 1. The largest absolute Gasteiger partial charge is 0.383 e. The number of nitrogens with one attached hydrogen (secondary N) is 1. The zero-order valence-corrected chi connectivity index (χ0v) is 9.13. The number of carbonyl (C=O) groups excluding carboxylic acids is 2. The number of rotatable bonds is 5. The van der Waals surface area contributed by atoms with Gasteiger partial charge in [0.15, 0.2) is 0 Å². The molecular weight excluding hydrogens is 208 g/mol. The second-order valence-corrected chi connectivity index (χ2v) is 3.08. The van der Waals surface area contributed by atoms with Gasteiger partial charge in [0.25, 0.3) is 0 Å². The van der Waals surface area contributed by atoms with Crippen molar-refractivity contribution in [1.29, 1.82) is 0 Å². The van der Waals surface area contributed by atoms with Gasteiger partial charge < -0.3 is 9.64 Å². The number of hydrogen-bond acceptors (Lipinski definition) is 3. The van der Waals surface area contributed by atoms with Gasteiger partial charge in [-0.15, -0.1) is 11.6 Å². The van der Waals surface area contributed by atoms with Gasteiger partial charge in [0.2, 0.25) is 5.91 Å². The Bertz CT molecular complexity index is 199. The number of urea groups is 1. The highest BCUT2D eigenvalue weighted by Gasteiger charge is 2.11. The molecule has 3 amide bonds. The number of carbonyl (C=O) groups is 2. The van der Waals surface area contributed by atoms with Crippen molar-refractivity contribution in [3.63, 3.8) is 0 Å². The van der Waals surface area contributed by atoms with Crippen molar-refractivity contribution < 1.29 is 14.3 Å². The highest BCUT2D eigenvalue weighted by atomic mass is 35.5. The summed E-state index contributed by atoms with van der Waals surface area (Å²) in [5.74, 6) is -0.157. The number of hydrogen-bond donors (Lipinski definition) is 1. The average molecular weight is 223 g/mol. The first-order chi connectivity index (χ1) is 6.61. The van der Waals surface area contributed by atoms with Crippen molar-refractivity contribution in [1.82, 2.24) is 10.2 Å². The molecule has 1 N–H and O–H groups in total. The van der Waals surface area contributed by atoms with E-state index >= 15 is 0 Å². The molecule has 0 rings (SSSR count). The maximum absolute atomic E-state index is 11.2. The van der Waals surface area contributed by atoms with E-state index in [0.717, 1.165) is 0 Å². The lowest BCUT2D eigenvalue weighted by molar-refractivity contribution is -0.119. The number of likely N-dealkylation sites (N-methyl/N-ethyl adjacent to an activating group) is 1. The predicted octanol–water partition coefficient (Wildman–Crippen LogP) is 0.430. The lowest BCUT2D eigenvalue weighted by Gasteiger charge is -2.16. The fourth-order valence-corrected chi connectivity index (χ4v) is 0.864. The topological polar surface area (TPSA) is 58.6 Å². The number of imide groups is 1. The maximum atomic E-state index is 11.2. The van der Waals surface area contributed by atoms with E-state index in [1.54, 1.807) is 14.2 Å². The van der Waals surface area contributed by atoms with Crippen LogP contribution >= 0.6 is 11.6 Å². The lowest BCUT2D eigenvalue weighted by atomic mass is 10.4. The number of amides is 3. The van der Waals surface area contributed by atoms with Crippen LogP contribution in [0.1, 0.15) is 6.42 Å². The summed E-state index contributed by atoms with van der Waals surface area (Å²) < 4.78 is 4.79. The van der Waals surface area contributed by atoms with Crippen LogP contribution in [0.25, 0.3) is 0 Å². The summed E-state index contributed by atoms with van der Waals surface area (Å²) in [4.78, 5) is 23.6. The Kier molecular flexibility index (Phi) is 7.14. The fraction of sp³-hybridized carbons (Fsp3) is 0.750. The molecule has 0 radical (unpaired) electrons. The summed E-state index contributed by atoms with van der Waals surface area (Å²) in [7, 11) is 3.13. The van der Waals surface area contributed by atoms with Crippen molar-refractivity contribution in [2.45, 2.75) is 6.42 Å². The zero-order valence-electron chi connectivity index (χ0n) is 8.38. The molecule has 0 saturated carbocycles. The number of nitrogens with zero attached hydrogens (tertiary/aromatic N) is 1. The molecule has 0 aliphatic heterocycles. The van der Waals surface area contributed by atoms with Gasteiger partial charge in [-0.3, -0.25) is 10.1 Å². The summed E-state index contributed by atoms with van der Waals surface area (Å²) in [5, 5.41) is 2.20. The molecule has 0 spiro atoms. The van der Waals surface area contributed by atoms with Gasteiger partial charge in [-0.1, -0.05) is 0 Å². The van der Waals surface area contributed by atoms with Crippen LogP contribution in [0.3, 0.4) is 0 Å². The summed E-state index contributed by atoms with van der Waals surface area (Å²) in [5.41, 5.74) is 0. The summed E-state index contributed by atoms with van der Waals surface area (Å²) in [6.07, 6.45) is 0.144. The molecule has 0 atom stereocenters. The second-order valence-electron chi connectivity index (χ2n) is 2.71. The minimum Gasteiger partial charge on any atom is -0.383 e. The molecule has 6 heteroatoms. The van der Waals surface area contributed by atoms with Gasteiger partial charge in [0.05, 0.1) is 6.61 Å². The molecule has 0 aromatic rings.